The largest absolute Gasteiger partial charge is 0.237 e. The Labute approximate surface area is 93.5 Å². The van der Waals surface area contributed by atoms with E-state index in [1.165, 1.54) is 0 Å². The van der Waals surface area contributed by atoms with E-state index in [1.54, 1.807) is 0 Å². The molecule has 0 bridgehead atoms. The van der Waals surface area contributed by atoms with Gasteiger partial charge in [0.1, 0.15) is 11.0 Å². The summed E-state index contributed by atoms with van der Waals surface area (Å²) < 4.78 is 0. The molecule has 2 heterocycles. The smallest absolute Gasteiger partial charge is 0.137 e. The number of hydrogen-bond acceptors (Lipinski definition) is 3. The first-order chi connectivity index (χ1) is 6.66. The van der Waals surface area contributed by atoms with Gasteiger partial charge in [0.05, 0.1) is 5.69 Å². The number of halogens is 1. The molecule has 0 spiro atoms. The first-order valence-electron chi connectivity index (χ1n) is 4.78. The van der Waals surface area contributed by atoms with E-state index in [0.29, 0.717) is 11.1 Å². The Hall–Kier alpha value is -0.280. The van der Waals surface area contributed by atoms with E-state index in [0.717, 1.165) is 35.0 Å². The van der Waals surface area contributed by atoms with Gasteiger partial charge in [-0.2, -0.15) is 11.8 Å². The monoisotopic (exact) mass is 228 g/mol. The van der Waals surface area contributed by atoms with Gasteiger partial charge in [-0.15, -0.1) is 0 Å². The maximum atomic E-state index is 6.09. The normalized spacial score (nSPS) is 14.9. The van der Waals surface area contributed by atoms with E-state index >= 15 is 0 Å². The molecule has 1 aromatic rings. The fraction of sp³-hybridized carbons (Fsp3) is 0.600. The zero-order valence-electron chi connectivity index (χ0n) is 8.38. The van der Waals surface area contributed by atoms with Crippen LogP contribution in [0.3, 0.4) is 0 Å². The van der Waals surface area contributed by atoms with Gasteiger partial charge in [0.2, 0.25) is 0 Å². The number of rotatable bonds is 2. The van der Waals surface area contributed by atoms with Crippen molar-refractivity contribution in [2.75, 3.05) is 0 Å². The van der Waals surface area contributed by atoms with Gasteiger partial charge < -0.3 is 0 Å². The molecule has 14 heavy (non-hydrogen) atoms. The average Bonchev–Trinajstić information content (AvgIpc) is 2.50. The molecule has 0 radical (unpaired) electrons. The second kappa shape index (κ2) is 4.07. The lowest BCUT2D eigenvalue weighted by Gasteiger charge is -2.06. The topological polar surface area (TPSA) is 25.8 Å². The van der Waals surface area contributed by atoms with Gasteiger partial charge in [-0.25, -0.2) is 9.97 Å². The lowest BCUT2D eigenvalue weighted by atomic mass is 10.1. The van der Waals surface area contributed by atoms with E-state index in [4.69, 9.17) is 11.6 Å². The van der Waals surface area contributed by atoms with E-state index in [2.05, 4.69) is 23.8 Å². The average molecular weight is 229 g/mol. The van der Waals surface area contributed by atoms with Crippen molar-refractivity contribution in [2.45, 2.75) is 31.8 Å². The molecule has 0 N–H and O–H groups in total. The molecule has 76 valence electrons. The van der Waals surface area contributed by atoms with Crippen molar-refractivity contribution in [3.05, 3.63) is 22.2 Å². The van der Waals surface area contributed by atoms with Crippen molar-refractivity contribution >= 4 is 23.4 Å². The molecule has 2 nitrogen and oxygen atoms in total. The van der Waals surface area contributed by atoms with Crippen molar-refractivity contribution in [1.29, 1.82) is 0 Å². The number of hydrogen-bond donors (Lipinski definition) is 0. The standard InChI is InChI=1S/C10H13ClN2S/c1-6(2)3-9-12-8-5-14-4-7(8)10(11)13-9/h6H,3-5H2,1-2H3. The number of thioether (sulfide) groups is 1. The predicted molar refractivity (Wildman–Crippen MR) is 60.6 cm³/mol. The van der Waals surface area contributed by atoms with Crippen LogP contribution in [0.1, 0.15) is 30.9 Å². The van der Waals surface area contributed by atoms with Crippen LogP contribution < -0.4 is 0 Å². The highest BCUT2D eigenvalue weighted by Gasteiger charge is 2.18. The molecule has 0 fully saturated rings. The van der Waals surface area contributed by atoms with Gasteiger partial charge in [-0.05, 0) is 5.92 Å². The molecule has 2 rings (SSSR count). The summed E-state index contributed by atoms with van der Waals surface area (Å²) in [7, 11) is 0. The molecule has 0 amide bonds. The Morgan fingerprint density at radius 3 is 2.86 bits per heavy atom. The zero-order chi connectivity index (χ0) is 10.1. The molecule has 0 aliphatic carbocycles. The number of fused-ring (bicyclic) bond motifs is 1. The molecular weight excluding hydrogens is 216 g/mol. The van der Waals surface area contributed by atoms with Gasteiger partial charge in [-0.3, -0.25) is 0 Å². The van der Waals surface area contributed by atoms with Crippen LogP contribution in [-0.4, -0.2) is 9.97 Å². The summed E-state index contributed by atoms with van der Waals surface area (Å²) in [6, 6.07) is 0. The van der Waals surface area contributed by atoms with E-state index in [-0.39, 0.29) is 0 Å². The maximum Gasteiger partial charge on any atom is 0.137 e. The number of aromatic nitrogens is 2. The van der Waals surface area contributed by atoms with Crippen molar-refractivity contribution < 1.29 is 0 Å². The first kappa shape index (κ1) is 10.2. The third-order valence-electron chi connectivity index (χ3n) is 2.16. The molecule has 0 saturated carbocycles. The highest BCUT2D eigenvalue weighted by molar-refractivity contribution is 7.98. The predicted octanol–water partition coefficient (Wildman–Crippen LogP) is 3.08. The second-order valence-electron chi connectivity index (χ2n) is 3.95. The van der Waals surface area contributed by atoms with Crippen LogP contribution in [0.15, 0.2) is 0 Å². The SMILES string of the molecule is CC(C)Cc1nc(Cl)c2c(n1)CSC2. The Kier molecular flexibility index (Phi) is 2.98. The Bertz CT molecular complexity index is 352. The van der Waals surface area contributed by atoms with Gasteiger partial charge in [-0.1, -0.05) is 25.4 Å². The molecule has 1 aliphatic rings. The zero-order valence-corrected chi connectivity index (χ0v) is 9.95. The first-order valence-corrected chi connectivity index (χ1v) is 6.32. The van der Waals surface area contributed by atoms with Gasteiger partial charge in [0, 0.05) is 23.5 Å². The third-order valence-corrected chi connectivity index (χ3v) is 3.45. The molecule has 1 aromatic heterocycles. The van der Waals surface area contributed by atoms with Crippen molar-refractivity contribution in [1.82, 2.24) is 9.97 Å². The van der Waals surface area contributed by atoms with E-state index in [9.17, 15) is 0 Å². The van der Waals surface area contributed by atoms with Crippen LogP contribution in [0.25, 0.3) is 0 Å². The highest BCUT2D eigenvalue weighted by atomic mass is 35.5. The van der Waals surface area contributed by atoms with Gasteiger partial charge in [0.25, 0.3) is 0 Å². The van der Waals surface area contributed by atoms with Crippen LogP contribution in [-0.2, 0) is 17.9 Å². The van der Waals surface area contributed by atoms with Crippen molar-refractivity contribution in [2.24, 2.45) is 5.92 Å². The quantitative estimate of drug-likeness (QED) is 0.728. The molecule has 0 aromatic carbocycles. The van der Waals surface area contributed by atoms with Crippen LogP contribution in [0.2, 0.25) is 5.15 Å². The fourth-order valence-electron chi connectivity index (χ4n) is 1.52. The second-order valence-corrected chi connectivity index (χ2v) is 5.29. The van der Waals surface area contributed by atoms with Crippen LogP contribution in [0.4, 0.5) is 0 Å². The molecule has 0 unspecified atom stereocenters. The molecule has 0 saturated heterocycles. The lowest BCUT2D eigenvalue weighted by molar-refractivity contribution is 0.618. The summed E-state index contributed by atoms with van der Waals surface area (Å²) >= 11 is 7.95. The number of nitrogens with zero attached hydrogens (tertiary/aromatic N) is 2. The lowest BCUT2D eigenvalue weighted by Crippen LogP contribution is -2.04. The summed E-state index contributed by atoms with van der Waals surface area (Å²) in [6.07, 6.45) is 0.914. The van der Waals surface area contributed by atoms with Crippen molar-refractivity contribution in [3.63, 3.8) is 0 Å². The highest BCUT2D eigenvalue weighted by Crippen LogP contribution is 2.32. The minimum absolute atomic E-state index is 0.582. The Morgan fingerprint density at radius 1 is 1.36 bits per heavy atom. The van der Waals surface area contributed by atoms with Crippen LogP contribution >= 0.6 is 23.4 Å². The summed E-state index contributed by atoms with van der Waals surface area (Å²) in [6.45, 7) is 4.33. The molecule has 0 atom stereocenters. The Balaban J connectivity index is 2.32. The molecule has 4 heteroatoms. The summed E-state index contributed by atoms with van der Waals surface area (Å²) in [5.41, 5.74) is 2.29. The maximum absolute atomic E-state index is 6.09. The minimum atomic E-state index is 0.582. The van der Waals surface area contributed by atoms with E-state index < -0.39 is 0 Å². The van der Waals surface area contributed by atoms with Gasteiger partial charge in [0.15, 0.2) is 0 Å². The summed E-state index contributed by atoms with van der Waals surface area (Å²) in [5.74, 6) is 3.43. The Morgan fingerprint density at radius 2 is 2.14 bits per heavy atom. The third kappa shape index (κ3) is 2.04. The minimum Gasteiger partial charge on any atom is -0.237 e. The van der Waals surface area contributed by atoms with E-state index in [1.807, 2.05) is 11.8 Å². The van der Waals surface area contributed by atoms with Crippen molar-refractivity contribution in [3.8, 4) is 0 Å². The summed E-state index contributed by atoms with van der Waals surface area (Å²) in [4.78, 5) is 8.86. The molecule has 1 aliphatic heterocycles. The fourth-order valence-corrected chi connectivity index (χ4v) is 2.91. The van der Waals surface area contributed by atoms with Gasteiger partial charge >= 0.3 is 0 Å². The van der Waals surface area contributed by atoms with Crippen LogP contribution in [0.5, 0.6) is 0 Å². The van der Waals surface area contributed by atoms with Crippen LogP contribution in [0, 0.1) is 5.92 Å². The summed E-state index contributed by atoms with van der Waals surface area (Å²) in [5, 5.41) is 0.663. The molecular formula is C10H13ClN2S.